The number of amides is 1. The summed E-state index contributed by atoms with van der Waals surface area (Å²) in [5, 5.41) is 12.3. The molecule has 2 N–H and O–H groups in total. The zero-order valence-corrected chi connectivity index (χ0v) is 11.0. The number of benzene rings is 1. The molecule has 98 valence electrons. The Bertz CT molecular complexity index is 430. The second kappa shape index (κ2) is 5.61. The molecule has 3 nitrogen and oxygen atoms in total. The van der Waals surface area contributed by atoms with Gasteiger partial charge in [0.15, 0.2) is 0 Å². The summed E-state index contributed by atoms with van der Waals surface area (Å²) in [6.45, 7) is 0.720. The van der Waals surface area contributed by atoms with Crippen molar-refractivity contribution in [3.8, 4) is 5.75 Å². The number of hydrogen-bond acceptors (Lipinski definition) is 2. The molecule has 4 heteroatoms. The Balaban J connectivity index is 1.79. The van der Waals surface area contributed by atoms with Crippen LogP contribution in [-0.2, 0) is 11.2 Å². The Hall–Kier alpha value is -1.22. The molecule has 0 atom stereocenters. The lowest BCUT2D eigenvalue weighted by Gasteiger charge is -2.14. The van der Waals surface area contributed by atoms with Gasteiger partial charge in [-0.15, -0.1) is 11.6 Å². The predicted molar refractivity (Wildman–Crippen MR) is 71.8 cm³/mol. The van der Waals surface area contributed by atoms with Crippen LogP contribution in [0.2, 0.25) is 0 Å². The van der Waals surface area contributed by atoms with Crippen molar-refractivity contribution in [3.63, 3.8) is 0 Å². The van der Waals surface area contributed by atoms with Gasteiger partial charge in [0.1, 0.15) is 5.75 Å². The average molecular weight is 268 g/mol. The Morgan fingerprint density at radius 3 is 2.83 bits per heavy atom. The molecule has 0 saturated heterocycles. The smallest absolute Gasteiger partial charge is 0.224 e. The van der Waals surface area contributed by atoms with Crippen LogP contribution in [-0.4, -0.2) is 23.4 Å². The van der Waals surface area contributed by atoms with E-state index in [1.807, 2.05) is 6.07 Å². The first kappa shape index (κ1) is 13.2. The van der Waals surface area contributed by atoms with E-state index in [2.05, 4.69) is 5.32 Å². The molecule has 1 aromatic carbocycles. The standard InChI is InChI=1S/C14H18ClNO2/c15-7-6-14(4-5-14)10-16-13(18)9-11-2-1-3-12(17)8-11/h1-3,8,17H,4-7,9-10H2,(H,16,18). The molecule has 0 aliphatic heterocycles. The first-order chi connectivity index (χ1) is 8.63. The lowest BCUT2D eigenvalue weighted by molar-refractivity contribution is -0.120. The second-order valence-electron chi connectivity index (χ2n) is 5.06. The molecule has 0 radical (unpaired) electrons. The minimum absolute atomic E-state index is 0.00134. The van der Waals surface area contributed by atoms with Crippen molar-refractivity contribution >= 4 is 17.5 Å². The molecule has 0 heterocycles. The SMILES string of the molecule is O=C(Cc1cccc(O)c1)NCC1(CCCl)CC1. The fraction of sp³-hybridized carbons (Fsp3) is 0.500. The minimum atomic E-state index is 0.00134. The van der Waals surface area contributed by atoms with Crippen molar-refractivity contribution < 1.29 is 9.90 Å². The van der Waals surface area contributed by atoms with Crippen LogP contribution < -0.4 is 5.32 Å². The van der Waals surface area contributed by atoms with Crippen LogP contribution in [0.25, 0.3) is 0 Å². The Morgan fingerprint density at radius 1 is 1.44 bits per heavy atom. The monoisotopic (exact) mass is 267 g/mol. The van der Waals surface area contributed by atoms with Gasteiger partial charge in [-0.3, -0.25) is 4.79 Å². The number of alkyl halides is 1. The van der Waals surface area contributed by atoms with Crippen LogP contribution in [0.15, 0.2) is 24.3 Å². The largest absolute Gasteiger partial charge is 0.508 e. The zero-order chi connectivity index (χ0) is 13.0. The third kappa shape index (κ3) is 3.64. The number of phenols is 1. The van der Waals surface area contributed by atoms with Crippen molar-refractivity contribution in [2.45, 2.75) is 25.7 Å². The number of aromatic hydroxyl groups is 1. The predicted octanol–water partition coefficient (Wildman–Crippen LogP) is 2.46. The maximum atomic E-state index is 11.8. The fourth-order valence-corrected chi connectivity index (χ4v) is 2.49. The topological polar surface area (TPSA) is 49.3 Å². The van der Waals surface area contributed by atoms with E-state index in [9.17, 15) is 9.90 Å². The van der Waals surface area contributed by atoms with Gasteiger partial charge in [0.25, 0.3) is 0 Å². The third-order valence-electron chi connectivity index (χ3n) is 3.52. The molecule has 1 amide bonds. The van der Waals surface area contributed by atoms with Crippen LogP contribution in [0.1, 0.15) is 24.8 Å². The van der Waals surface area contributed by atoms with E-state index in [4.69, 9.17) is 11.6 Å². The first-order valence-corrected chi connectivity index (χ1v) is 6.78. The maximum absolute atomic E-state index is 11.8. The molecular formula is C14H18ClNO2. The molecule has 0 unspecified atom stereocenters. The summed E-state index contributed by atoms with van der Waals surface area (Å²) in [6.07, 6.45) is 3.60. The van der Waals surface area contributed by atoms with E-state index in [0.29, 0.717) is 12.3 Å². The number of phenolic OH excluding ortho intramolecular Hbond substituents is 1. The zero-order valence-electron chi connectivity index (χ0n) is 10.3. The van der Waals surface area contributed by atoms with Crippen LogP contribution >= 0.6 is 11.6 Å². The van der Waals surface area contributed by atoms with Gasteiger partial charge < -0.3 is 10.4 Å². The molecule has 1 saturated carbocycles. The van der Waals surface area contributed by atoms with Gasteiger partial charge in [-0.2, -0.15) is 0 Å². The third-order valence-corrected chi connectivity index (χ3v) is 3.71. The van der Waals surface area contributed by atoms with Gasteiger partial charge in [-0.05, 0) is 42.4 Å². The molecule has 0 bridgehead atoms. The van der Waals surface area contributed by atoms with E-state index in [1.54, 1.807) is 18.2 Å². The van der Waals surface area contributed by atoms with E-state index in [0.717, 1.165) is 31.4 Å². The number of hydrogen-bond donors (Lipinski definition) is 2. The van der Waals surface area contributed by atoms with Crippen LogP contribution in [0, 0.1) is 5.41 Å². The van der Waals surface area contributed by atoms with Gasteiger partial charge >= 0.3 is 0 Å². The summed E-state index contributed by atoms with van der Waals surface area (Å²) < 4.78 is 0. The van der Waals surface area contributed by atoms with Gasteiger partial charge in [0.2, 0.25) is 5.91 Å². The summed E-state index contributed by atoms with van der Waals surface area (Å²) in [5.41, 5.74) is 1.09. The van der Waals surface area contributed by atoms with Gasteiger partial charge in [0, 0.05) is 12.4 Å². The normalized spacial score (nSPS) is 16.3. The Labute approximate surface area is 112 Å². The van der Waals surface area contributed by atoms with Crippen molar-refractivity contribution in [2.24, 2.45) is 5.41 Å². The van der Waals surface area contributed by atoms with Gasteiger partial charge in [0.05, 0.1) is 6.42 Å². The number of halogens is 1. The highest BCUT2D eigenvalue weighted by molar-refractivity contribution is 6.17. The van der Waals surface area contributed by atoms with Crippen molar-refractivity contribution in [3.05, 3.63) is 29.8 Å². The second-order valence-corrected chi connectivity index (χ2v) is 5.44. The maximum Gasteiger partial charge on any atom is 0.224 e. The molecule has 1 aliphatic rings. The van der Waals surface area contributed by atoms with Crippen molar-refractivity contribution in [2.75, 3.05) is 12.4 Å². The summed E-state index contributed by atoms with van der Waals surface area (Å²) in [7, 11) is 0. The summed E-state index contributed by atoms with van der Waals surface area (Å²) in [6, 6.07) is 6.80. The average Bonchev–Trinajstić information content (AvgIpc) is 3.08. The molecule has 1 aromatic rings. The molecule has 18 heavy (non-hydrogen) atoms. The van der Waals surface area contributed by atoms with Crippen LogP contribution in [0.3, 0.4) is 0 Å². The molecule has 0 spiro atoms. The van der Waals surface area contributed by atoms with E-state index in [-0.39, 0.29) is 17.1 Å². The Morgan fingerprint density at radius 2 is 2.22 bits per heavy atom. The molecule has 1 aliphatic carbocycles. The van der Waals surface area contributed by atoms with E-state index < -0.39 is 0 Å². The summed E-state index contributed by atoms with van der Waals surface area (Å²) in [5.74, 6) is 0.852. The van der Waals surface area contributed by atoms with Gasteiger partial charge in [-0.1, -0.05) is 12.1 Å². The lowest BCUT2D eigenvalue weighted by atomic mass is 10.0. The van der Waals surface area contributed by atoms with Crippen LogP contribution in [0.5, 0.6) is 5.75 Å². The highest BCUT2D eigenvalue weighted by Gasteiger charge is 2.41. The first-order valence-electron chi connectivity index (χ1n) is 6.24. The highest BCUT2D eigenvalue weighted by Crippen LogP contribution is 2.48. The molecular weight excluding hydrogens is 250 g/mol. The highest BCUT2D eigenvalue weighted by atomic mass is 35.5. The summed E-state index contributed by atoms with van der Waals surface area (Å²) >= 11 is 5.75. The van der Waals surface area contributed by atoms with E-state index >= 15 is 0 Å². The lowest BCUT2D eigenvalue weighted by Crippen LogP contribution is -2.31. The molecule has 0 aromatic heterocycles. The van der Waals surface area contributed by atoms with Crippen LogP contribution in [0.4, 0.5) is 0 Å². The Kier molecular flexibility index (Phi) is 4.12. The molecule has 2 rings (SSSR count). The summed E-state index contributed by atoms with van der Waals surface area (Å²) in [4.78, 5) is 11.8. The number of nitrogens with one attached hydrogen (secondary N) is 1. The number of carbonyl (C=O) groups excluding carboxylic acids is 1. The molecule has 1 fully saturated rings. The van der Waals surface area contributed by atoms with E-state index in [1.165, 1.54) is 0 Å². The van der Waals surface area contributed by atoms with Crippen molar-refractivity contribution in [1.29, 1.82) is 0 Å². The number of rotatable bonds is 6. The number of carbonyl (C=O) groups is 1. The minimum Gasteiger partial charge on any atom is -0.508 e. The fourth-order valence-electron chi connectivity index (χ4n) is 2.09. The van der Waals surface area contributed by atoms with Crippen molar-refractivity contribution in [1.82, 2.24) is 5.32 Å². The quantitative estimate of drug-likeness (QED) is 0.778. The van der Waals surface area contributed by atoms with Gasteiger partial charge in [-0.25, -0.2) is 0 Å².